The van der Waals surface area contributed by atoms with Crippen LogP contribution in [0.15, 0.2) is 35.4 Å². The average Bonchev–Trinajstić information content (AvgIpc) is 3.14. The number of aromatic hydroxyl groups is 1. The summed E-state index contributed by atoms with van der Waals surface area (Å²) in [6.45, 7) is 11.7. The quantitative estimate of drug-likeness (QED) is 0.365. The summed E-state index contributed by atoms with van der Waals surface area (Å²) in [4.78, 5) is 0. The van der Waals surface area contributed by atoms with Crippen molar-refractivity contribution >= 4 is 0 Å². The highest BCUT2D eigenvalue weighted by molar-refractivity contribution is 5.47. The molecule has 0 aromatic heterocycles. The van der Waals surface area contributed by atoms with Gasteiger partial charge in [0.2, 0.25) is 0 Å². The van der Waals surface area contributed by atoms with Crippen molar-refractivity contribution in [1.29, 1.82) is 0 Å². The fourth-order valence-electron chi connectivity index (χ4n) is 4.58. The molecule has 1 aromatic rings. The van der Waals surface area contributed by atoms with Crippen LogP contribution in [0.25, 0.3) is 0 Å². The molecule has 3 N–H and O–H groups in total. The second-order valence-electron chi connectivity index (χ2n) is 10.5. The molecule has 3 atom stereocenters. The van der Waals surface area contributed by atoms with Crippen molar-refractivity contribution < 1.29 is 24.8 Å². The summed E-state index contributed by atoms with van der Waals surface area (Å²) < 4.78 is 11.6. The second-order valence-corrected chi connectivity index (χ2v) is 10.5. The van der Waals surface area contributed by atoms with Gasteiger partial charge in [-0.2, -0.15) is 0 Å². The first-order valence-electron chi connectivity index (χ1n) is 12.1. The van der Waals surface area contributed by atoms with Crippen molar-refractivity contribution in [1.82, 2.24) is 0 Å². The first kappa shape index (κ1) is 27.4. The highest BCUT2D eigenvalue weighted by Crippen LogP contribution is 2.38. The van der Waals surface area contributed by atoms with E-state index in [9.17, 15) is 15.3 Å². The molecule has 186 valence electrons. The summed E-state index contributed by atoms with van der Waals surface area (Å²) in [6.07, 6.45) is 9.33. The van der Waals surface area contributed by atoms with Crippen LogP contribution in [-0.2, 0) is 11.2 Å². The molecular formula is C28H44O5. The third kappa shape index (κ3) is 7.87. The van der Waals surface area contributed by atoms with Gasteiger partial charge in [-0.05, 0) is 104 Å². The Hall–Kier alpha value is -1.82. The smallest absolute Gasteiger partial charge is 0.125 e. The van der Waals surface area contributed by atoms with E-state index >= 15 is 0 Å². The molecule has 0 amide bonds. The Morgan fingerprint density at radius 2 is 1.91 bits per heavy atom. The predicted octanol–water partition coefficient (Wildman–Crippen LogP) is 5.77. The number of methoxy groups -OCH3 is 1. The van der Waals surface area contributed by atoms with Gasteiger partial charge >= 0.3 is 0 Å². The molecule has 33 heavy (non-hydrogen) atoms. The topological polar surface area (TPSA) is 79.2 Å². The molecule has 1 aliphatic heterocycles. The molecule has 5 heteroatoms. The third-order valence-electron chi connectivity index (χ3n) is 6.86. The summed E-state index contributed by atoms with van der Waals surface area (Å²) in [5.74, 6) is 1.10. The van der Waals surface area contributed by atoms with Crippen molar-refractivity contribution in [2.75, 3.05) is 7.11 Å². The Kier molecular flexibility index (Phi) is 9.59. The molecule has 1 fully saturated rings. The lowest BCUT2D eigenvalue weighted by Gasteiger charge is -2.33. The number of benzene rings is 1. The number of hydrogen-bond acceptors (Lipinski definition) is 5. The number of rotatable bonds is 11. The van der Waals surface area contributed by atoms with Crippen LogP contribution in [0.3, 0.4) is 0 Å². The highest BCUT2D eigenvalue weighted by Gasteiger charge is 2.46. The molecule has 1 aliphatic rings. The monoisotopic (exact) mass is 460 g/mol. The van der Waals surface area contributed by atoms with Crippen molar-refractivity contribution in [2.24, 2.45) is 0 Å². The van der Waals surface area contributed by atoms with Crippen LogP contribution in [0.5, 0.6) is 11.5 Å². The predicted molar refractivity (Wildman–Crippen MR) is 134 cm³/mol. The molecule has 0 unspecified atom stereocenters. The van der Waals surface area contributed by atoms with Gasteiger partial charge in [0.05, 0.1) is 30.5 Å². The molecular weight excluding hydrogens is 416 g/mol. The number of phenolic OH excluding ortho intramolecular Hbond substituents is 1. The highest BCUT2D eigenvalue weighted by atomic mass is 16.5. The van der Waals surface area contributed by atoms with E-state index in [4.69, 9.17) is 9.47 Å². The number of allylic oxidation sites excluding steroid dienone is 4. The van der Waals surface area contributed by atoms with Crippen molar-refractivity contribution in [3.8, 4) is 11.5 Å². The molecule has 0 spiro atoms. The molecule has 2 rings (SSSR count). The summed E-state index contributed by atoms with van der Waals surface area (Å²) in [7, 11) is 1.66. The van der Waals surface area contributed by atoms with Gasteiger partial charge in [0.15, 0.2) is 0 Å². The van der Waals surface area contributed by atoms with Crippen LogP contribution in [0.1, 0.15) is 84.3 Å². The van der Waals surface area contributed by atoms with E-state index in [0.29, 0.717) is 6.42 Å². The standard InChI is InChI=1S/C28H44O5/c1-19(11-13-22-18-23(29)17-21(3)26(22)32-7)9-8-10-20(2)12-14-24(30)28(6)16-15-25(33-28)27(4,5)31/h10-11,17-18,24-25,29-31H,8-9,12-16H2,1-7H3/b19-11+,20-10+/t24-,25+,28+/m1/s1. The first-order valence-corrected chi connectivity index (χ1v) is 12.1. The lowest BCUT2D eigenvalue weighted by atomic mass is 9.90. The van der Waals surface area contributed by atoms with E-state index in [-0.39, 0.29) is 11.9 Å². The molecule has 0 saturated carbocycles. The fourth-order valence-corrected chi connectivity index (χ4v) is 4.58. The van der Waals surface area contributed by atoms with Crippen molar-refractivity contribution in [3.63, 3.8) is 0 Å². The molecule has 0 radical (unpaired) electrons. The number of aliphatic hydroxyl groups excluding tert-OH is 1. The number of phenols is 1. The Balaban J connectivity index is 1.81. The van der Waals surface area contributed by atoms with Gasteiger partial charge in [-0.15, -0.1) is 0 Å². The Morgan fingerprint density at radius 3 is 2.52 bits per heavy atom. The van der Waals surface area contributed by atoms with Crippen LogP contribution >= 0.6 is 0 Å². The first-order chi connectivity index (χ1) is 15.4. The zero-order chi connectivity index (χ0) is 24.8. The molecule has 1 saturated heterocycles. The van der Waals surface area contributed by atoms with E-state index in [2.05, 4.69) is 26.0 Å². The minimum atomic E-state index is -0.885. The second kappa shape index (κ2) is 11.5. The van der Waals surface area contributed by atoms with Gasteiger partial charge in [0, 0.05) is 5.56 Å². The van der Waals surface area contributed by atoms with Gasteiger partial charge in [-0.25, -0.2) is 0 Å². The van der Waals surface area contributed by atoms with Crippen LogP contribution in [0.2, 0.25) is 0 Å². The third-order valence-corrected chi connectivity index (χ3v) is 6.86. The Morgan fingerprint density at radius 1 is 1.24 bits per heavy atom. The minimum Gasteiger partial charge on any atom is -0.508 e. The van der Waals surface area contributed by atoms with E-state index in [1.807, 2.05) is 13.8 Å². The number of aliphatic hydroxyl groups is 2. The maximum atomic E-state index is 10.7. The van der Waals surface area contributed by atoms with Gasteiger partial charge in [0.1, 0.15) is 11.5 Å². The van der Waals surface area contributed by atoms with Crippen LogP contribution < -0.4 is 4.74 Å². The van der Waals surface area contributed by atoms with Crippen LogP contribution in [-0.4, -0.2) is 45.8 Å². The number of hydrogen-bond donors (Lipinski definition) is 3. The van der Waals surface area contributed by atoms with Crippen molar-refractivity contribution in [2.45, 2.75) is 110 Å². The average molecular weight is 461 g/mol. The lowest BCUT2D eigenvalue weighted by Crippen LogP contribution is -2.43. The summed E-state index contributed by atoms with van der Waals surface area (Å²) in [6, 6.07) is 3.48. The van der Waals surface area contributed by atoms with Gasteiger partial charge < -0.3 is 24.8 Å². The lowest BCUT2D eigenvalue weighted by molar-refractivity contribution is -0.153. The Bertz CT molecular complexity index is 849. The SMILES string of the molecule is COc1c(C)cc(O)cc1C/C=C(\C)CC/C=C(\C)CC[C@@H](O)[C@]1(C)CC[C@@H](C(C)(C)O)O1. The molecule has 0 bridgehead atoms. The summed E-state index contributed by atoms with van der Waals surface area (Å²) in [5.41, 5.74) is 3.02. The number of aryl methyl sites for hydroxylation is 1. The zero-order valence-corrected chi connectivity index (χ0v) is 21.6. The van der Waals surface area contributed by atoms with E-state index in [1.165, 1.54) is 11.1 Å². The van der Waals surface area contributed by atoms with Crippen molar-refractivity contribution in [3.05, 3.63) is 46.6 Å². The van der Waals surface area contributed by atoms with Crippen LogP contribution in [0, 0.1) is 6.92 Å². The maximum absolute atomic E-state index is 10.7. The van der Waals surface area contributed by atoms with Crippen LogP contribution in [0.4, 0.5) is 0 Å². The molecule has 1 heterocycles. The minimum absolute atomic E-state index is 0.229. The normalized spacial score (nSPS) is 23.1. The fraction of sp³-hybridized carbons (Fsp3) is 0.643. The van der Waals surface area contributed by atoms with E-state index < -0.39 is 17.3 Å². The van der Waals surface area contributed by atoms with E-state index in [1.54, 1.807) is 33.1 Å². The largest absolute Gasteiger partial charge is 0.508 e. The van der Waals surface area contributed by atoms with E-state index in [0.717, 1.165) is 55.4 Å². The van der Waals surface area contributed by atoms with Gasteiger partial charge in [-0.1, -0.05) is 23.3 Å². The molecule has 5 nitrogen and oxygen atoms in total. The summed E-state index contributed by atoms with van der Waals surface area (Å²) >= 11 is 0. The van der Waals surface area contributed by atoms with Gasteiger partial charge in [0.25, 0.3) is 0 Å². The number of ether oxygens (including phenoxy) is 2. The molecule has 0 aliphatic carbocycles. The van der Waals surface area contributed by atoms with Gasteiger partial charge in [-0.3, -0.25) is 0 Å². The molecule has 1 aromatic carbocycles. The zero-order valence-electron chi connectivity index (χ0n) is 21.6. The Labute approximate surface area is 200 Å². The summed E-state index contributed by atoms with van der Waals surface area (Å²) in [5, 5.41) is 30.8. The maximum Gasteiger partial charge on any atom is 0.125 e.